The molecule has 0 aromatic heterocycles. The highest BCUT2D eigenvalue weighted by atomic mass is 79.9. The van der Waals surface area contributed by atoms with Crippen molar-refractivity contribution in [3.8, 4) is 0 Å². The van der Waals surface area contributed by atoms with Crippen LogP contribution in [0, 0.1) is 6.92 Å². The van der Waals surface area contributed by atoms with Gasteiger partial charge >= 0.3 is 0 Å². The van der Waals surface area contributed by atoms with Gasteiger partial charge < -0.3 is 5.32 Å². The second kappa shape index (κ2) is 9.69. The molecule has 7 heteroatoms. The fourth-order valence-corrected chi connectivity index (χ4v) is 5.95. The maximum Gasteiger partial charge on any atom is 0.264 e. The summed E-state index contributed by atoms with van der Waals surface area (Å²) in [6.45, 7) is 3.50. The van der Waals surface area contributed by atoms with E-state index in [9.17, 15) is 13.2 Å². The standard InChI is InChI=1S/C26H27BrN2O3S/c1-18-9-13-25(14-10-18)33(31,32)29(24-8-4-7-23(27)16-24)17-26(30)28-19(2)21-12-11-20-5-3-6-22(20)15-21/h4,7-16,19H,3,5-6,17H2,1-2H3,(H,28,30)/t19-/m1/s1. The first-order chi connectivity index (χ1) is 15.7. The summed E-state index contributed by atoms with van der Waals surface area (Å²) in [5.74, 6) is -0.362. The zero-order valence-electron chi connectivity index (χ0n) is 18.7. The van der Waals surface area contributed by atoms with Gasteiger partial charge in [-0.2, -0.15) is 0 Å². The van der Waals surface area contributed by atoms with Crippen LogP contribution in [0.3, 0.4) is 0 Å². The molecule has 1 atom stereocenters. The molecule has 0 fully saturated rings. The number of nitrogens with zero attached hydrogens (tertiary/aromatic N) is 1. The molecule has 0 heterocycles. The largest absolute Gasteiger partial charge is 0.348 e. The number of amides is 1. The third kappa shape index (κ3) is 5.31. The predicted molar refractivity (Wildman–Crippen MR) is 135 cm³/mol. The fraction of sp³-hybridized carbons (Fsp3) is 0.269. The molecule has 4 rings (SSSR count). The Labute approximate surface area is 204 Å². The first kappa shape index (κ1) is 23.5. The second-order valence-electron chi connectivity index (χ2n) is 8.48. The van der Waals surface area contributed by atoms with Gasteiger partial charge in [0.25, 0.3) is 10.0 Å². The lowest BCUT2D eigenvalue weighted by Crippen LogP contribution is -2.41. The third-order valence-corrected chi connectivity index (χ3v) is 8.27. The van der Waals surface area contributed by atoms with Crippen molar-refractivity contribution in [2.75, 3.05) is 10.8 Å². The zero-order valence-corrected chi connectivity index (χ0v) is 21.1. The number of fused-ring (bicyclic) bond motifs is 1. The van der Waals surface area contributed by atoms with E-state index < -0.39 is 10.0 Å². The summed E-state index contributed by atoms with van der Waals surface area (Å²) in [5, 5.41) is 2.98. The van der Waals surface area contributed by atoms with E-state index in [0.29, 0.717) is 5.69 Å². The SMILES string of the molecule is Cc1ccc(S(=O)(=O)N(CC(=O)N[C@H](C)c2ccc3c(c2)CCC3)c2cccc(Br)c2)cc1. The van der Waals surface area contributed by atoms with Gasteiger partial charge in [-0.1, -0.05) is 57.9 Å². The maximum atomic E-state index is 13.5. The summed E-state index contributed by atoms with van der Waals surface area (Å²) in [6.07, 6.45) is 3.34. The van der Waals surface area contributed by atoms with Crippen molar-refractivity contribution < 1.29 is 13.2 Å². The summed E-state index contributed by atoms with van der Waals surface area (Å²) in [5.41, 5.74) is 5.13. The summed E-state index contributed by atoms with van der Waals surface area (Å²) >= 11 is 3.40. The topological polar surface area (TPSA) is 66.5 Å². The Morgan fingerprint density at radius 3 is 2.48 bits per heavy atom. The Hall–Kier alpha value is -2.64. The number of halogens is 1. The van der Waals surface area contributed by atoms with E-state index in [-0.39, 0.29) is 23.4 Å². The Kier molecular flexibility index (Phi) is 6.91. The van der Waals surface area contributed by atoms with Gasteiger partial charge in [0.15, 0.2) is 0 Å². The van der Waals surface area contributed by atoms with Crippen molar-refractivity contribution in [2.24, 2.45) is 0 Å². The molecule has 0 spiro atoms. The average molecular weight is 527 g/mol. The van der Waals surface area contributed by atoms with Crippen LogP contribution < -0.4 is 9.62 Å². The minimum absolute atomic E-state index is 0.146. The molecule has 3 aromatic carbocycles. The molecule has 3 aromatic rings. The maximum absolute atomic E-state index is 13.5. The van der Waals surface area contributed by atoms with Crippen molar-refractivity contribution in [3.05, 3.63) is 93.5 Å². The molecule has 0 bridgehead atoms. The number of hydrogen-bond donors (Lipinski definition) is 1. The highest BCUT2D eigenvalue weighted by molar-refractivity contribution is 9.10. The van der Waals surface area contributed by atoms with Crippen LogP contribution in [0.1, 0.15) is 41.6 Å². The monoisotopic (exact) mass is 526 g/mol. The first-order valence-electron chi connectivity index (χ1n) is 11.0. The molecule has 1 aliphatic carbocycles. The molecule has 0 saturated carbocycles. The highest BCUT2D eigenvalue weighted by Gasteiger charge is 2.28. The van der Waals surface area contributed by atoms with E-state index >= 15 is 0 Å². The van der Waals surface area contributed by atoms with Crippen LogP contribution in [0.4, 0.5) is 5.69 Å². The van der Waals surface area contributed by atoms with Crippen LogP contribution in [-0.2, 0) is 27.7 Å². The molecule has 0 radical (unpaired) electrons. The number of sulfonamides is 1. The molecule has 0 saturated heterocycles. The molecule has 172 valence electrons. The lowest BCUT2D eigenvalue weighted by atomic mass is 10.0. The number of nitrogens with one attached hydrogen (secondary N) is 1. The van der Waals surface area contributed by atoms with Crippen LogP contribution in [0.15, 0.2) is 76.1 Å². The summed E-state index contributed by atoms with van der Waals surface area (Å²) < 4.78 is 28.9. The van der Waals surface area contributed by atoms with Gasteiger partial charge in [0.1, 0.15) is 6.54 Å². The molecular weight excluding hydrogens is 500 g/mol. The average Bonchev–Trinajstić information content (AvgIpc) is 3.25. The van der Waals surface area contributed by atoms with Crippen molar-refractivity contribution in [3.63, 3.8) is 0 Å². The minimum atomic E-state index is -3.94. The Balaban J connectivity index is 1.58. The second-order valence-corrected chi connectivity index (χ2v) is 11.3. The normalized spacial score (nSPS) is 13.9. The van der Waals surface area contributed by atoms with E-state index in [1.165, 1.54) is 11.1 Å². The number of carbonyl (C=O) groups excluding carboxylic acids is 1. The molecular formula is C26H27BrN2O3S. The number of hydrogen-bond acceptors (Lipinski definition) is 3. The fourth-order valence-electron chi connectivity index (χ4n) is 4.15. The Morgan fingerprint density at radius 2 is 1.76 bits per heavy atom. The van der Waals surface area contributed by atoms with Crippen molar-refractivity contribution >= 4 is 37.5 Å². The Bertz CT molecular complexity index is 1270. The molecule has 1 N–H and O–H groups in total. The van der Waals surface area contributed by atoms with Crippen LogP contribution >= 0.6 is 15.9 Å². The third-order valence-electron chi connectivity index (χ3n) is 5.99. The van der Waals surface area contributed by atoms with Gasteiger partial charge in [0, 0.05) is 4.47 Å². The zero-order chi connectivity index (χ0) is 23.6. The van der Waals surface area contributed by atoms with Gasteiger partial charge in [-0.15, -0.1) is 0 Å². The van der Waals surface area contributed by atoms with Crippen LogP contribution in [0.2, 0.25) is 0 Å². The molecule has 0 unspecified atom stereocenters. The van der Waals surface area contributed by atoms with Gasteiger partial charge in [-0.25, -0.2) is 8.42 Å². The van der Waals surface area contributed by atoms with Crippen molar-refractivity contribution in [2.45, 2.75) is 44.0 Å². The van der Waals surface area contributed by atoms with Crippen molar-refractivity contribution in [1.29, 1.82) is 0 Å². The highest BCUT2D eigenvalue weighted by Crippen LogP contribution is 2.28. The van der Waals surface area contributed by atoms with Crippen molar-refractivity contribution in [1.82, 2.24) is 5.32 Å². The van der Waals surface area contributed by atoms with Gasteiger partial charge in [0.2, 0.25) is 5.91 Å². The van der Waals surface area contributed by atoms with E-state index in [4.69, 9.17) is 0 Å². The van der Waals surface area contributed by atoms with Crippen LogP contribution in [0.25, 0.3) is 0 Å². The molecule has 1 amide bonds. The lowest BCUT2D eigenvalue weighted by Gasteiger charge is -2.25. The van der Waals surface area contributed by atoms with Gasteiger partial charge in [-0.05, 0) is 80.1 Å². The van der Waals surface area contributed by atoms with E-state index in [0.717, 1.165) is 39.2 Å². The molecule has 5 nitrogen and oxygen atoms in total. The van der Waals surface area contributed by atoms with E-state index in [1.807, 2.05) is 26.0 Å². The van der Waals surface area contributed by atoms with E-state index in [1.54, 1.807) is 42.5 Å². The van der Waals surface area contributed by atoms with Crippen LogP contribution in [-0.4, -0.2) is 20.9 Å². The number of anilines is 1. The summed E-state index contributed by atoms with van der Waals surface area (Å²) in [7, 11) is -3.94. The Morgan fingerprint density at radius 1 is 1.03 bits per heavy atom. The predicted octanol–water partition coefficient (Wildman–Crippen LogP) is 5.32. The quantitative estimate of drug-likeness (QED) is 0.453. The first-order valence-corrected chi connectivity index (χ1v) is 13.2. The lowest BCUT2D eigenvalue weighted by molar-refractivity contribution is -0.120. The number of carbonyl (C=O) groups is 1. The summed E-state index contributed by atoms with van der Waals surface area (Å²) in [6, 6.07) is 19.7. The number of aryl methyl sites for hydroxylation is 3. The minimum Gasteiger partial charge on any atom is -0.348 e. The molecule has 33 heavy (non-hydrogen) atoms. The molecule has 0 aliphatic heterocycles. The molecule has 1 aliphatic rings. The van der Waals surface area contributed by atoms with Gasteiger partial charge in [0.05, 0.1) is 16.6 Å². The summed E-state index contributed by atoms with van der Waals surface area (Å²) in [4.78, 5) is 13.2. The number of benzene rings is 3. The van der Waals surface area contributed by atoms with Crippen LogP contribution in [0.5, 0.6) is 0 Å². The van der Waals surface area contributed by atoms with Gasteiger partial charge in [-0.3, -0.25) is 9.10 Å². The number of rotatable bonds is 7. The smallest absolute Gasteiger partial charge is 0.264 e. The van der Waals surface area contributed by atoms with E-state index in [2.05, 4.69) is 33.4 Å².